The molecule has 148 valence electrons. The Hall–Kier alpha value is -2.25. The standard InChI is InChI=1S/C20H26O7/c1-5-11(2)18(23)27-16-9-20(4,25)7-6-14(22)13(10-21)8-15-17(16)12(3)19(24)26-15/h5-7,13,15-17,21,25H,3,8-10H2,1-2,4H3/b7-6-,11-5-/t13-,15+,16+,17-,20-/m0/s1. The van der Waals surface area contributed by atoms with Crippen LogP contribution in [0.5, 0.6) is 0 Å². The van der Waals surface area contributed by atoms with Gasteiger partial charge < -0.3 is 19.7 Å². The molecule has 7 nitrogen and oxygen atoms in total. The Kier molecular flexibility index (Phi) is 6.38. The Morgan fingerprint density at radius 3 is 2.74 bits per heavy atom. The first-order chi connectivity index (χ1) is 12.6. The van der Waals surface area contributed by atoms with Crippen molar-refractivity contribution in [2.24, 2.45) is 11.8 Å². The minimum absolute atomic E-state index is 0.0415. The van der Waals surface area contributed by atoms with E-state index >= 15 is 0 Å². The van der Waals surface area contributed by atoms with Gasteiger partial charge in [0, 0.05) is 23.5 Å². The van der Waals surface area contributed by atoms with Gasteiger partial charge in [0.15, 0.2) is 5.78 Å². The highest BCUT2D eigenvalue weighted by molar-refractivity contribution is 5.93. The van der Waals surface area contributed by atoms with E-state index in [4.69, 9.17) is 9.47 Å². The highest BCUT2D eigenvalue weighted by Crippen LogP contribution is 2.38. The number of esters is 2. The van der Waals surface area contributed by atoms with Crippen molar-refractivity contribution in [2.75, 3.05) is 6.61 Å². The zero-order chi connectivity index (χ0) is 20.4. The first-order valence-corrected chi connectivity index (χ1v) is 8.89. The number of rotatable bonds is 3. The van der Waals surface area contributed by atoms with Crippen LogP contribution in [0.25, 0.3) is 0 Å². The van der Waals surface area contributed by atoms with Crippen LogP contribution in [0, 0.1) is 11.8 Å². The molecule has 0 amide bonds. The zero-order valence-corrected chi connectivity index (χ0v) is 15.8. The van der Waals surface area contributed by atoms with Gasteiger partial charge in [0.2, 0.25) is 0 Å². The number of allylic oxidation sites excluding steroid dienone is 2. The van der Waals surface area contributed by atoms with Gasteiger partial charge >= 0.3 is 11.9 Å². The van der Waals surface area contributed by atoms with Crippen LogP contribution in [-0.2, 0) is 23.9 Å². The molecular formula is C20H26O7. The Balaban J connectivity index is 2.46. The summed E-state index contributed by atoms with van der Waals surface area (Å²) in [5, 5.41) is 20.2. The third-order valence-electron chi connectivity index (χ3n) is 5.10. The number of fused-ring (bicyclic) bond motifs is 1. The van der Waals surface area contributed by atoms with Crippen LogP contribution in [0.3, 0.4) is 0 Å². The number of ether oxygens (including phenoxy) is 2. The van der Waals surface area contributed by atoms with Crippen molar-refractivity contribution >= 4 is 17.7 Å². The van der Waals surface area contributed by atoms with E-state index in [2.05, 4.69) is 6.58 Å². The van der Waals surface area contributed by atoms with Crippen molar-refractivity contribution in [2.45, 2.75) is 51.4 Å². The van der Waals surface area contributed by atoms with E-state index in [9.17, 15) is 24.6 Å². The number of carbonyl (C=O) groups excluding carboxylic acids is 3. The summed E-state index contributed by atoms with van der Waals surface area (Å²) in [5.74, 6) is -3.09. The van der Waals surface area contributed by atoms with E-state index in [1.165, 1.54) is 19.1 Å². The molecule has 7 heteroatoms. The Morgan fingerprint density at radius 2 is 2.15 bits per heavy atom. The van der Waals surface area contributed by atoms with Crippen molar-refractivity contribution in [3.05, 3.63) is 36.0 Å². The van der Waals surface area contributed by atoms with Gasteiger partial charge in [-0.25, -0.2) is 9.59 Å². The fraction of sp³-hybridized carbons (Fsp3) is 0.550. The summed E-state index contributed by atoms with van der Waals surface area (Å²) in [7, 11) is 0. The lowest BCUT2D eigenvalue weighted by atomic mass is 9.79. The molecule has 27 heavy (non-hydrogen) atoms. The minimum Gasteiger partial charge on any atom is -0.458 e. The van der Waals surface area contributed by atoms with E-state index in [1.807, 2.05) is 0 Å². The maximum Gasteiger partial charge on any atom is 0.334 e. The summed E-state index contributed by atoms with van der Waals surface area (Å²) in [6, 6.07) is 0. The smallest absolute Gasteiger partial charge is 0.334 e. The number of ketones is 1. The summed E-state index contributed by atoms with van der Waals surface area (Å²) < 4.78 is 10.9. The van der Waals surface area contributed by atoms with E-state index in [1.54, 1.807) is 19.9 Å². The second-order valence-electron chi connectivity index (χ2n) is 7.32. The molecule has 0 aromatic carbocycles. The van der Waals surface area contributed by atoms with Gasteiger partial charge in [-0.3, -0.25) is 4.79 Å². The Bertz CT molecular complexity index is 701. The lowest BCUT2D eigenvalue weighted by molar-refractivity contribution is -0.152. The van der Waals surface area contributed by atoms with E-state index in [0.717, 1.165) is 0 Å². The van der Waals surface area contributed by atoms with Crippen LogP contribution in [0.2, 0.25) is 0 Å². The largest absolute Gasteiger partial charge is 0.458 e. The van der Waals surface area contributed by atoms with Crippen molar-refractivity contribution in [1.29, 1.82) is 0 Å². The van der Waals surface area contributed by atoms with Crippen LogP contribution in [0.4, 0.5) is 0 Å². The summed E-state index contributed by atoms with van der Waals surface area (Å²) in [4.78, 5) is 36.7. The van der Waals surface area contributed by atoms with Gasteiger partial charge in [-0.2, -0.15) is 0 Å². The zero-order valence-electron chi connectivity index (χ0n) is 15.8. The van der Waals surface area contributed by atoms with Crippen molar-refractivity contribution in [1.82, 2.24) is 0 Å². The molecule has 2 aliphatic rings. The Labute approximate surface area is 158 Å². The molecule has 2 rings (SSSR count). The fourth-order valence-electron chi connectivity index (χ4n) is 3.33. The molecular weight excluding hydrogens is 352 g/mol. The van der Waals surface area contributed by atoms with Crippen LogP contribution in [0.15, 0.2) is 36.0 Å². The summed E-state index contributed by atoms with van der Waals surface area (Å²) >= 11 is 0. The van der Waals surface area contributed by atoms with Gasteiger partial charge in [-0.15, -0.1) is 0 Å². The molecule has 1 saturated heterocycles. The van der Waals surface area contributed by atoms with Crippen molar-refractivity contribution < 1.29 is 34.1 Å². The molecule has 1 heterocycles. The third kappa shape index (κ3) is 4.73. The average Bonchev–Trinajstić information content (AvgIpc) is 2.89. The molecule has 0 bridgehead atoms. The fourth-order valence-corrected chi connectivity index (χ4v) is 3.33. The predicted octanol–water partition coefficient (Wildman–Crippen LogP) is 1.24. The molecule has 1 aliphatic heterocycles. The molecule has 1 fully saturated rings. The SMILES string of the molecule is C=C1C(=O)O[C@@H]2C[C@@H](CO)C(=O)/C=C\[C@](C)(O)C[C@@H](OC(=O)/C(C)=C\C)[C@@H]12. The molecule has 0 unspecified atom stereocenters. The molecule has 0 aromatic heterocycles. The van der Waals surface area contributed by atoms with Crippen molar-refractivity contribution in [3.8, 4) is 0 Å². The van der Waals surface area contributed by atoms with E-state index in [-0.39, 0.29) is 24.2 Å². The number of hydrogen-bond acceptors (Lipinski definition) is 7. The normalized spacial score (nSPS) is 36.0. The summed E-state index contributed by atoms with van der Waals surface area (Å²) in [6.07, 6.45) is 2.50. The van der Waals surface area contributed by atoms with E-state index in [0.29, 0.717) is 5.57 Å². The number of hydrogen-bond donors (Lipinski definition) is 2. The molecule has 5 atom stereocenters. The second kappa shape index (κ2) is 8.19. The Morgan fingerprint density at radius 1 is 1.48 bits per heavy atom. The highest BCUT2D eigenvalue weighted by Gasteiger charge is 2.48. The van der Waals surface area contributed by atoms with Crippen LogP contribution in [-0.4, -0.2) is 52.4 Å². The van der Waals surface area contributed by atoms with Crippen LogP contribution < -0.4 is 0 Å². The van der Waals surface area contributed by atoms with Gasteiger partial charge in [0.25, 0.3) is 0 Å². The van der Waals surface area contributed by atoms with Gasteiger partial charge in [0.05, 0.1) is 18.1 Å². The predicted molar refractivity (Wildman–Crippen MR) is 96.4 cm³/mol. The quantitative estimate of drug-likeness (QED) is 0.561. The topological polar surface area (TPSA) is 110 Å². The lowest BCUT2D eigenvalue weighted by Gasteiger charge is -2.33. The minimum atomic E-state index is -1.47. The lowest BCUT2D eigenvalue weighted by Crippen LogP contribution is -2.41. The molecule has 1 aliphatic carbocycles. The van der Waals surface area contributed by atoms with Crippen molar-refractivity contribution in [3.63, 3.8) is 0 Å². The number of aliphatic hydroxyl groups excluding tert-OH is 1. The molecule has 0 saturated carbocycles. The third-order valence-corrected chi connectivity index (χ3v) is 5.10. The van der Waals surface area contributed by atoms with Gasteiger partial charge in [0.1, 0.15) is 12.2 Å². The summed E-state index contributed by atoms with van der Waals surface area (Å²) in [6.45, 7) is 8.11. The van der Waals surface area contributed by atoms with E-state index < -0.39 is 48.2 Å². The van der Waals surface area contributed by atoms with Gasteiger partial charge in [-0.05, 0) is 39.3 Å². The molecule has 0 spiro atoms. The maximum absolute atomic E-state index is 12.3. The molecule has 2 N–H and O–H groups in total. The number of aliphatic hydroxyl groups is 2. The summed E-state index contributed by atoms with van der Waals surface area (Å²) in [5.41, 5.74) is -0.961. The molecule has 0 aromatic rings. The first kappa shape index (κ1) is 21.1. The average molecular weight is 378 g/mol. The monoisotopic (exact) mass is 378 g/mol. The van der Waals surface area contributed by atoms with Crippen LogP contribution >= 0.6 is 0 Å². The van der Waals surface area contributed by atoms with Gasteiger partial charge in [-0.1, -0.05) is 12.7 Å². The first-order valence-electron chi connectivity index (χ1n) is 8.89. The number of carbonyl (C=O) groups is 3. The highest BCUT2D eigenvalue weighted by atomic mass is 16.6. The van der Waals surface area contributed by atoms with Crippen LogP contribution in [0.1, 0.15) is 33.6 Å². The second-order valence-corrected chi connectivity index (χ2v) is 7.32. The maximum atomic E-state index is 12.3. The molecule has 0 radical (unpaired) electrons.